The van der Waals surface area contributed by atoms with E-state index in [0.29, 0.717) is 13.1 Å². The van der Waals surface area contributed by atoms with Crippen LogP contribution < -0.4 is 10.2 Å². The molecule has 1 fully saturated rings. The van der Waals surface area contributed by atoms with Gasteiger partial charge in [0.15, 0.2) is 4.87 Å². The van der Waals surface area contributed by atoms with Crippen molar-refractivity contribution in [1.82, 2.24) is 10.2 Å². The summed E-state index contributed by atoms with van der Waals surface area (Å²) < 4.78 is -0.240. The fourth-order valence-electron chi connectivity index (χ4n) is 4.40. The van der Waals surface area contributed by atoms with Crippen LogP contribution in [0.1, 0.15) is 44.4 Å². The first-order chi connectivity index (χ1) is 14.2. The molecule has 1 spiro atoms. The van der Waals surface area contributed by atoms with Gasteiger partial charge in [-0.05, 0) is 51.8 Å². The molecule has 0 aliphatic carbocycles. The molecular weight excluding hydrogens is 394 g/mol. The number of para-hydroxylation sites is 1. The first-order valence-electron chi connectivity index (χ1n) is 10.4. The average molecular weight is 424 g/mol. The fraction of sp³-hybridized carbons (Fsp3) is 0.417. The van der Waals surface area contributed by atoms with Gasteiger partial charge in [-0.2, -0.15) is 0 Å². The van der Waals surface area contributed by atoms with E-state index in [4.69, 9.17) is 0 Å². The zero-order valence-corrected chi connectivity index (χ0v) is 19.0. The summed E-state index contributed by atoms with van der Waals surface area (Å²) in [5.41, 5.74) is 4.05. The summed E-state index contributed by atoms with van der Waals surface area (Å²) in [5.74, 6) is -0.0403. The first-order valence-corrected chi connectivity index (χ1v) is 11.2. The van der Waals surface area contributed by atoms with Crippen LogP contribution in [0.2, 0.25) is 0 Å². The molecule has 0 aromatic heterocycles. The lowest BCUT2D eigenvalue weighted by molar-refractivity contribution is -0.123. The lowest BCUT2D eigenvalue weighted by Gasteiger charge is -2.33. The highest BCUT2D eigenvalue weighted by molar-refractivity contribution is 8.02. The van der Waals surface area contributed by atoms with Gasteiger partial charge in [0.25, 0.3) is 5.91 Å². The van der Waals surface area contributed by atoms with Gasteiger partial charge in [-0.25, -0.2) is 4.79 Å². The molecule has 3 amide bonds. The van der Waals surface area contributed by atoms with Gasteiger partial charge in [0, 0.05) is 22.9 Å². The van der Waals surface area contributed by atoms with Crippen LogP contribution in [-0.2, 0) is 16.2 Å². The van der Waals surface area contributed by atoms with Crippen LogP contribution in [0, 0.1) is 6.92 Å². The molecule has 2 heterocycles. The van der Waals surface area contributed by atoms with Gasteiger partial charge in [-0.15, -0.1) is 11.8 Å². The van der Waals surface area contributed by atoms with Crippen LogP contribution in [0.3, 0.4) is 0 Å². The summed E-state index contributed by atoms with van der Waals surface area (Å²) in [6.45, 7) is 11.1. The third kappa shape index (κ3) is 3.27. The van der Waals surface area contributed by atoms with Crippen LogP contribution in [0.25, 0.3) is 0 Å². The molecule has 6 heteroatoms. The molecule has 1 saturated heterocycles. The maximum atomic E-state index is 14.1. The van der Waals surface area contributed by atoms with Crippen molar-refractivity contribution in [2.75, 3.05) is 11.4 Å². The number of nitrogens with one attached hydrogen (secondary N) is 1. The van der Waals surface area contributed by atoms with E-state index in [0.717, 1.165) is 22.4 Å². The molecule has 30 heavy (non-hydrogen) atoms. The molecule has 2 aliphatic heterocycles. The number of rotatable bonds is 3. The van der Waals surface area contributed by atoms with Crippen molar-refractivity contribution in [3.05, 3.63) is 65.2 Å². The number of nitrogens with zero attached hydrogens (tertiary/aromatic N) is 2. The molecule has 0 saturated carbocycles. The number of benzene rings is 2. The highest BCUT2D eigenvalue weighted by Crippen LogP contribution is 2.59. The second-order valence-corrected chi connectivity index (χ2v) is 10.9. The standard InChI is InChI=1S/C24H29N3O2S/c1-16(2)25-22(29)27-15-23(4,5)30-24(27)19-12-8-9-13-20(19)26(21(24)28)14-18-11-7-6-10-17(18)3/h6-13,16H,14-15H2,1-5H3,(H,25,29). The molecule has 2 aromatic carbocycles. The summed E-state index contributed by atoms with van der Waals surface area (Å²) in [7, 11) is 0. The van der Waals surface area contributed by atoms with Gasteiger partial charge in [0.1, 0.15) is 0 Å². The topological polar surface area (TPSA) is 52.7 Å². The second-order valence-electron chi connectivity index (χ2n) is 9.03. The number of aryl methyl sites for hydroxylation is 1. The second kappa shape index (κ2) is 7.34. The number of hydrogen-bond donors (Lipinski definition) is 1. The van der Waals surface area contributed by atoms with Crippen molar-refractivity contribution in [2.24, 2.45) is 0 Å². The monoisotopic (exact) mass is 423 g/mol. The molecule has 0 radical (unpaired) electrons. The van der Waals surface area contributed by atoms with Gasteiger partial charge < -0.3 is 10.2 Å². The SMILES string of the molecule is Cc1ccccc1CN1C(=O)C2(SC(C)(C)CN2C(=O)NC(C)C)c2ccccc21. The van der Waals surface area contributed by atoms with E-state index < -0.39 is 4.87 Å². The Bertz CT molecular complexity index is 1000. The molecule has 4 rings (SSSR count). The van der Waals surface area contributed by atoms with Crippen LogP contribution in [0.5, 0.6) is 0 Å². The zero-order chi connectivity index (χ0) is 21.7. The number of anilines is 1. The smallest absolute Gasteiger partial charge is 0.319 e. The quantitative estimate of drug-likeness (QED) is 0.782. The highest BCUT2D eigenvalue weighted by atomic mass is 32.2. The molecule has 0 bridgehead atoms. The summed E-state index contributed by atoms with van der Waals surface area (Å²) >= 11 is 1.58. The number of hydrogen-bond acceptors (Lipinski definition) is 3. The molecule has 2 aromatic rings. The minimum absolute atomic E-state index is 0.00178. The lowest BCUT2D eigenvalue weighted by atomic mass is 10.0. The zero-order valence-electron chi connectivity index (χ0n) is 18.2. The number of thioether (sulfide) groups is 1. The largest absolute Gasteiger partial charge is 0.336 e. The Labute approximate surface area is 182 Å². The van der Waals surface area contributed by atoms with Gasteiger partial charge in [-0.3, -0.25) is 9.69 Å². The Morgan fingerprint density at radius 3 is 2.50 bits per heavy atom. The Balaban J connectivity index is 1.82. The van der Waals surface area contributed by atoms with Crippen LogP contribution in [0.15, 0.2) is 48.5 Å². The van der Waals surface area contributed by atoms with Crippen LogP contribution in [0.4, 0.5) is 10.5 Å². The minimum atomic E-state index is -1.04. The molecule has 1 unspecified atom stereocenters. The van der Waals surface area contributed by atoms with Gasteiger partial charge in [0.2, 0.25) is 0 Å². The Morgan fingerprint density at radius 2 is 1.80 bits per heavy atom. The Kier molecular flexibility index (Phi) is 5.09. The predicted octanol–water partition coefficient (Wildman–Crippen LogP) is 4.64. The molecular formula is C24H29N3O2S. The van der Waals surface area contributed by atoms with Gasteiger partial charge in [0.05, 0.1) is 12.2 Å². The lowest BCUT2D eigenvalue weighted by Crippen LogP contribution is -2.54. The maximum absolute atomic E-state index is 14.1. The number of carbonyl (C=O) groups excluding carboxylic acids is 2. The Hall–Kier alpha value is -2.47. The van der Waals surface area contributed by atoms with Crippen LogP contribution >= 0.6 is 11.8 Å². The molecule has 5 nitrogen and oxygen atoms in total. The normalized spacial score (nSPS) is 22.1. The van der Waals surface area contributed by atoms with Gasteiger partial charge >= 0.3 is 6.03 Å². The van der Waals surface area contributed by atoms with E-state index in [1.54, 1.807) is 16.7 Å². The third-order valence-corrected chi connectivity index (χ3v) is 7.28. The minimum Gasteiger partial charge on any atom is -0.336 e. The van der Waals surface area contributed by atoms with Gasteiger partial charge in [-0.1, -0.05) is 42.5 Å². The number of fused-ring (bicyclic) bond motifs is 2. The van der Waals surface area contributed by atoms with Crippen molar-refractivity contribution < 1.29 is 9.59 Å². The van der Waals surface area contributed by atoms with E-state index in [-0.39, 0.29) is 22.7 Å². The summed E-state index contributed by atoms with van der Waals surface area (Å²) in [4.78, 5) is 29.8. The first kappa shape index (κ1) is 20.8. The maximum Gasteiger partial charge on any atom is 0.319 e. The molecule has 1 atom stereocenters. The van der Waals surface area contributed by atoms with E-state index in [2.05, 4.69) is 38.2 Å². The van der Waals surface area contributed by atoms with Crippen molar-refractivity contribution >= 4 is 29.4 Å². The van der Waals surface area contributed by atoms with Crippen LogP contribution in [-0.4, -0.2) is 34.2 Å². The predicted molar refractivity (Wildman–Crippen MR) is 123 cm³/mol. The van der Waals surface area contributed by atoms with Crippen molar-refractivity contribution in [3.8, 4) is 0 Å². The third-order valence-electron chi connectivity index (χ3n) is 5.68. The average Bonchev–Trinajstić information content (AvgIpc) is 3.10. The van der Waals surface area contributed by atoms with E-state index >= 15 is 0 Å². The van der Waals surface area contributed by atoms with E-state index in [9.17, 15) is 9.59 Å². The molecule has 158 valence electrons. The number of carbonyl (C=O) groups is 2. The van der Waals surface area contributed by atoms with Crippen molar-refractivity contribution in [2.45, 2.75) is 56.8 Å². The summed E-state index contributed by atoms with van der Waals surface area (Å²) in [6.07, 6.45) is 0. The summed E-state index contributed by atoms with van der Waals surface area (Å²) in [6, 6.07) is 15.8. The summed E-state index contributed by atoms with van der Waals surface area (Å²) in [5, 5.41) is 3.00. The van der Waals surface area contributed by atoms with Crippen molar-refractivity contribution in [1.29, 1.82) is 0 Å². The highest BCUT2D eigenvalue weighted by Gasteiger charge is 2.63. The fourth-order valence-corrected chi connectivity index (χ4v) is 6.13. The molecule has 2 aliphatic rings. The Morgan fingerprint density at radius 1 is 1.13 bits per heavy atom. The van der Waals surface area contributed by atoms with E-state index in [1.807, 2.05) is 55.1 Å². The number of urea groups is 1. The van der Waals surface area contributed by atoms with E-state index in [1.165, 1.54) is 0 Å². The van der Waals surface area contributed by atoms with Crippen molar-refractivity contribution in [3.63, 3.8) is 0 Å². The number of amides is 3. The molecule has 1 N–H and O–H groups in total.